The lowest BCUT2D eigenvalue weighted by Crippen LogP contribution is -1.98. The molecule has 2 atom stereocenters. The average molecular weight is 230 g/mol. The summed E-state index contributed by atoms with van der Waals surface area (Å²) in [7, 11) is 0. The van der Waals surface area contributed by atoms with Crippen LogP contribution in [0, 0.1) is 0 Å². The SMILES string of the molecule is CC/C=C(\C=C/C(C)O)C(C)c1ccccc1. The van der Waals surface area contributed by atoms with Gasteiger partial charge in [-0.1, -0.05) is 62.4 Å². The fourth-order valence-electron chi connectivity index (χ4n) is 1.81. The summed E-state index contributed by atoms with van der Waals surface area (Å²) in [6.45, 7) is 6.10. The van der Waals surface area contributed by atoms with Crippen molar-refractivity contribution in [3.05, 3.63) is 59.7 Å². The number of hydrogen-bond donors (Lipinski definition) is 1. The quantitative estimate of drug-likeness (QED) is 0.756. The van der Waals surface area contributed by atoms with Crippen LogP contribution in [0.3, 0.4) is 0 Å². The molecule has 0 aliphatic carbocycles. The van der Waals surface area contributed by atoms with E-state index >= 15 is 0 Å². The summed E-state index contributed by atoms with van der Waals surface area (Å²) >= 11 is 0. The van der Waals surface area contributed by atoms with Crippen molar-refractivity contribution in [1.29, 1.82) is 0 Å². The van der Waals surface area contributed by atoms with E-state index in [2.05, 4.69) is 44.2 Å². The van der Waals surface area contributed by atoms with Crippen molar-refractivity contribution >= 4 is 0 Å². The van der Waals surface area contributed by atoms with Crippen LogP contribution in [0.1, 0.15) is 38.7 Å². The van der Waals surface area contributed by atoms with E-state index in [0.29, 0.717) is 5.92 Å². The Kier molecular flexibility index (Phi) is 5.71. The summed E-state index contributed by atoms with van der Waals surface area (Å²) in [4.78, 5) is 0. The molecule has 1 heteroatoms. The number of benzene rings is 1. The lowest BCUT2D eigenvalue weighted by Gasteiger charge is -2.14. The molecule has 0 saturated carbocycles. The first-order chi connectivity index (χ1) is 8.15. The van der Waals surface area contributed by atoms with Crippen molar-refractivity contribution in [3.63, 3.8) is 0 Å². The van der Waals surface area contributed by atoms with Gasteiger partial charge in [0.2, 0.25) is 0 Å². The molecule has 0 amide bonds. The van der Waals surface area contributed by atoms with E-state index in [-0.39, 0.29) is 0 Å². The molecule has 1 rings (SSSR count). The van der Waals surface area contributed by atoms with Crippen molar-refractivity contribution < 1.29 is 5.11 Å². The van der Waals surface area contributed by atoms with Crippen LogP contribution in [0.15, 0.2) is 54.1 Å². The Morgan fingerprint density at radius 2 is 1.88 bits per heavy atom. The molecule has 0 bridgehead atoms. The van der Waals surface area contributed by atoms with Gasteiger partial charge in [-0.15, -0.1) is 0 Å². The van der Waals surface area contributed by atoms with Crippen LogP contribution < -0.4 is 0 Å². The second kappa shape index (κ2) is 7.08. The second-order valence-corrected chi connectivity index (χ2v) is 4.34. The Hall–Kier alpha value is -1.34. The molecule has 0 aromatic heterocycles. The van der Waals surface area contributed by atoms with Crippen LogP contribution in [0.2, 0.25) is 0 Å². The summed E-state index contributed by atoms with van der Waals surface area (Å²) in [5.41, 5.74) is 2.57. The number of rotatable bonds is 5. The lowest BCUT2D eigenvalue weighted by molar-refractivity contribution is 0.244. The zero-order valence-corrected chi connectivity index (χ0v) is 10.9. The number of hydrogen-bond acceptors (Lipinski definition) is 1. The minimum absolute atomic E-state index is 0.367. The third-order valence-electron chi connectivity index (χ3n) is 2.81. The molecule has 17 heavy (non-hydrogen) atoms. The van der Waals surface area contributed by atoms with E-state index in [1.165, 1.54) is 11.1 Å². The molecular weight excluding hydrogens is 208 g/mol. The standard InChI is InChI=1S/C16H22O/c1-4-8-15(12-11-13(2)17)14(3)16-9-6-5-7-10-16/h5-14,17H,4H2,1-3H3/b12-11-,15-8+. The predicted octanol–water partition coefficient (Wildman–Crippen LogP) is 4.06. The number of allylic oxidation sites excluding steroid dienone is 3. The van der Waals surface area contributed by atoms with Crippen molar-refractivity contribution in [2.24, 2.45) is 0 Å². The van der Waals surface area contributed by atoms with E-state index in [1.54, 1.807) is 6.92 Å². The van der Waals surface area contributed by atoms with E-state index in [9.17, 15) is 5.11 Å². The van der Waals surface area contributed by atoms with Gasteiger partial charge < -0.3 is 5.11 Å². The van der Waals surface area contributed by atoms with Gasteiger partial charge in [0.25, 0.3) is 0 Å². The van der Waals surface area contributed by atoms with Crippen LogP contribution in [0.4, 0.5) is 0 Å². The minimum Gasteiger partial charge on any atom is -0.389 e. The van der Waals surface area contributed by atoms with Crippen LogP contribution in [0.25, 0.3) is 0 Å². The molecule has 0 fully saturated rings. The molecule has 92 valence electrons. The highest BCUT2D eigenvalue weighted by Crippen LogP contribution is 2.25. The fourth-order valence-corrected chi connectivity index (χ4v) is 1.81. The van der Waals surface area contributed by atoms with Gasteiger partial charge in [0.15, 0.2) is 0 Å². The monoisotopic (exact) mass is 230 g/mol. The van der Waals surface area contributed by atoms with Gasteiger partial charge in [-0.25, -0.2) is 0 Å². The third-order valence-corrected chi connectivity index (χ3v) is 2.81. The van der Waals surface area contributed by atoms with Gasteiger partial charge in [0, 0.05) is 5.92 Å². The normalized spacial score (nSPS) is 16.1. The summed E-state index contributed by atoms with van der Waals surface area (Å²) in [6.07, 6.45) is 6.71. The molecule has 0 aliphatic heterocycles. The van der Waals surface area contributed by atoms with E-state index < -0.39 is 6.10 Å². The van der Waals surface area contributed by atoms with Gasteiger partial charge in [0.05, 0.1) is 6.10 Å². The number of aliphatic hydroxyl groups is 1. The second-order valence-electron chi connectivity index (χ2n) is 4.34. The van der Waals surface area contributed by atoms with Crippen LogP contribution in [0.5, 0.6) is 0 Å². The van der Waals surface area contributed by atoms with Crippen LogP contribution >= 0.6 is 0 Å². The molecule has 0 saturated heterocycles. The van der Waals surface area contributed by atoms with Gasteiger partial charge in [-0.3, -0.25) is 0 Å². The Morgan fingerprint density at radius 1 is 1.24 bits per heavy atom. The molecule has 0 aliphatic rings. The maximum atomic E-state index is 9.31. The topological polar surface area (TPSA) is 20.2 Å². The molecule has 0 heterocycles. The maximum Gasteiger partial charge on any atom is 0.0695 e. The van der Waals surface area contributed by atoms with Crippen LogP contribution in [-0.4, -0.2) is 11.2 Å². The highest BCUT2D eigenvalue weighted by atomic mass is 16.3. The van der Waals surface area contributed by atoms with Gasteiger partial charge >= 0.3 is 0 Å². The predicted molar refractivity (Wildman–Crippen MR) is 74.1 cm³/mol. The smallest absolute Gasteiger partial charge is 0.0695 e. The van der Waals surface area contributed by atoms with E-state index in [0.717, 1.165) is 6.42 Å². The van der Waals surface area contributed by atoms with Gasteiger partial charge in [0.1, 0.15) is 0 Å². The van der Waals surface area contributed by atoms with Crippen molar-refractivity contribution in [2.45, 2.75) is 39.2 Å². The lowest BCUT2D eigenvalue weighted by atomic mass is 9.91. The fraction of sp³-hybridized carbons (Fsp3) is 0.375. The highest BCUT2D eigenvalue weighted by molar-refractivity contribution is 5.34. The van der Waals surface area contributed by atoms with Gasteiger partial charge in [-0.05, 0) is 24.5 Å². The largest absolute Gasteiger partial charge is 0.389 e. The Labute approximate surface area is 104 Å². The summed E-state index contributed by atoms with van der Waals surface area (Å²) < 4.78 is 0. The maximum absolute atomic E-state index is 9.31. The van der Waals surface area contributed by atoms with Crippen LogP contribution in [-0.2, 0) is 0 Å². The molecule has 2 unspecified atom stereocenters. The average Bonchev–Trinajstić information content (AvgIpc) is 2.34. The highest BCUT2D eigenvalue weighted by Gasteiger charge is 2.08. The summed E-state index contributed by atoms with van der Waals surface area (Å²) in [6, 6.07) is 10.4. The van der Waals surface area contributed by atoms with Crippen molar-refractivity contribution in [2.75, 3.05) is 0 Å². The Balaban J connectivity index is 2.89. The molecule has 0 spiro atoms. The molecule has 0 radical (unpaired) electrons. The first kappa shape index (κ1) is 13.7. The molecule has 1 N–H and O–H groups in total. The van der Waals surface area contributed by atoms with Crippen molar-refractivity contribution in [3.8, 4) is 0 Å². The zero-order chi connectivity index (χ0) is 12.7. The molecule has 1 aromatic rings. The first-order valence-corrected chi connectivity index (χ1v) is 6.26. The van der Waals surface area contributed by atoms with Crippen molar-refractivity contribution in [1.82, 2.24) is 0 Å². The zero-order valence-electron chi connectivity index (χ0n) is 10.9. The Morgan fingerprint density at radius 3 is 2.41 bits per heavy atom. The first-order valence-electron chi connectivity index (χ1n) is 6.26. The number of aliphatic hydroxyl groups excluding tert-OH is 1. The van der Waals surface area contributed by atoms with E-state index in [4.69, 9.17) is 0 Å². The molecule has 1 nitrogen and oxygen atoms in total. The minimum atomic E-state index is -0.391. The molecule has 1 aromatic carbocycles. The summed E-state index contributed by atoms with van der Waals surface area (Å²) in [5, 5.41) is 9.31. The Bertz CT molecular complexity index is 374. The molecular formula is C16H22O. The summed E-state index contributed by atoms with van der Waals surface area (Å²) in [5.74, 6) is 0.367. The van der Waals surface area contributed by atoms with Gasteiger partial charge in [-0.2, -0.15) is 0 Å². The van der Waals surface area contributed by atoms with E-state index in [1.807, 2.05) is 18.2 Å². The third kappa shape index (κ3) is 4.58.